The van der Waals surface area contributed by atoms with E-state index in [0.717, 1.165) is 0 Å². The maximum absolute atomic E-state index is 14.2. The summed E-state index contributed by atoms with van der Waals surface area (Å²) in [5, 5.41) is 15.7. The average Bonchev–Trinajstić information content (AvgIpc) is 2.66. The van der Waals surface area contributed by atoms with Crippen molar-refractivity contribution in [3.63, 3.8) is 0 Å². The standard InChI is InChI=1S/C10H13FN4/c11-10(2-4-13-5-3-10)8-15-6-1-9(7-12)14-15/h1,6,13H,2-5,8H2. The predicted octanol–water partition coefficient (Wildman–Crippen LogP) is 0.846. The van der Waals surface area contributed by atoms with Crippen LogP contribution < -0.4 is 5.32 Å². The third kappa shape index (κ3) is 2.34. The zero-order valence-corrected chi connectivity index (χ0v) is 8.41. The quantitative estimate of drug-likeness (QED) is 0.783. The molecule has 4 nitrogen and oxygen atoms in total. The van der Waals surface area contributed by atoms with Crippen molar-refractivity contribution < 1.29 is 4.39 Å². The number of halogens is 1. The van der Waals surface area contributed by atoms with Gasteiger partial charge in [0.2, 0.25) is 0 Å². The Kier molecular flexibility index (Phi) is 2.69. The third-order valence-electron chi connectivity index (χ3n) is 2.70. The van der Waals surface area contributed by atoms with Crippen molar-refractivity contribution in [2.24, 2.45) is 0 Å². The van der Waals surface area contributed by atoms with Crippen LogP contribution in [0.3, 0.4) is 0 Å². The van der Waals surface area contributed by atoms with Crippen molar-refractivity contribution in [1.82, 2.24) is 15.1 Å². The van der Waals surface area contributed by atoms with Gasteiger partial charge in [0, 0.05) is 6.20 Å². The van der Waals surface area contributed by atoms with Crippen LogP contribution in [0.4, 0.5) is 4.39 Å². The van der Waals surface area contributed by atoms with E-state index in [9.17, 15) is 4.39 Å². The predicted molar refractivity (Wildman–Crippen MR) is 52.9 cm³/mol. The van der Waals surface area contributed by atoms with Gasteiger partial charge in [-0.3, -0.25) is 4.68 Å². The number of hydrogen-bond donors (Lipinski definition) is 1. The van der Waals surface area contributed by atoms with Crippen molar-refractivity contribution in [2.45, 2.75) is 25.1 Å². The molecule has 0 aliphatic carbocycles. The smallest absolute Gasteiger partial charge is 0.162 e. The number of piperidine rings is 1. The Morgan fingerprint density at radius 3 is 2.93 bits per heavy atom. The first kappa shape index (κ1) is 10.1. The lowest BCUT2D eigenvalue weighted by Crippen LogP contribution is -2.41. The molecule has 0 radical (unpaired) electrons. The van der Waals surface area contributed by atoms with Crippen molar-refractivity contribution in [2.75, 3.05) is 13.1 Å². The Morgan fingerprint density at radius 1 is 1.60 bits per heavy atom. The van der Waals surface area contributed by atoms with E-state index in [1.54, 1.807) is 12.3 Å². The molecule has 0 spiro atoms. The number of hydrogen-bond acceptors (Lipinski definition) is 3. The maximum atomic E-state index is 14.2. The van der Waals surface area contributed by atoms with E-state index in [1.807, 2.05) is 6.07 Å². The lowest BCUT2D eigenvalue weighted by atomic mass is 9.94. The van der Waals surface area contributed by atoms with Crippen LogP contribution in [0, 0.1) is 11.3 Å². The Hall–Kier alpha value is -1.41. The normalized spacial score (nSPS) is 19.7. The molecule has 0 aromatic carbocycles. The minimum Gasteiger partial charge on any atom is -0.316 e. The van der Waals surface area contributed by atoms with Crippen LogP contribution in [0.25, 0.3) is 0 Å². The highest BCUT2D eigenvalue weighted by Crippen LogP contribution is 2.24. The molecule has 1 aliphatic heterocycles. The molecule has 2 rings (SSSR count). The summed E-state index contributed by atoms with van der Waals surface area (Å²) < 4.78 is 15.7. The second kappa shape index (κ2) is 3.99. The lowest BCUT2D eigenvalue weighted by Gasteiger charge is -2.29. The Bertz CT molecular complexity index is 373. The molecule has 1 fully saturated rings. The highest BCUT2D eigenvalue weighted by atomic mass is 19.1. The molecule has 80 valence electrons. The van der Waals surface area contributed by atoms with Crippen LogP contribution in [0.15, 0.2) is 12.3 Å². The fourth-order valence-electron chi connectivity index (χ4n) is 1.83. The Labute approximate surface area is 87.7 Å². The van der Waals surface area contributed by atoms with Gasteiger partial charge >= 0.3 is 0 Å². The first-order chi connectivity index (χ1) is 7.22. The molecular formula is C10H13FN4. The van der Waals surface area contributed by atoms with E-state index in [1.165, 1.54) is 4.68 Å². The topological polar surface area (TPSA) is 53.6 Å². The van der Waals surface area contributed by atoms with E-state index in [2.05, 4.69) is 10.4 Å². The van der Waals surface area contributed by atoms with Crippen molar-refractivity contribution >= 4 is 0 Å². The van der Waals surface area contributed by atoms with Gasteiger partial charge in [0.25, 0.3) is 0 Å². The SMILES string of the molecule is N#Cc1ccn(CC2(F)CCNCC2)n1. The largest absolute Gasteiger partial charge is 0.316 e. The number of rotatable bonds is 2. The summed E-state index contributed by atoms with van der Waals surface area (Å²) in [5.74, 6) is 0. The van der Waals surface area contributed by atoms with E-state index in [0.29, 0.717) is 31.6 Å². The van der Waals surface area contributed by atoms with Crippen molar-refractivity contribution in [3.8, 4) is 6.07 Å². The average molecular weight is 208 g/mol. The number of nitrogens with one attached hydrogen (secondary N) is 1. The summed E-state index contributed by atoms with van der Waals surface area (Å²) in [4.78, 5) is 0. The molecule has 15 heavy (non-hydrogen) atoms. The van der Waals surface area contributed by atoms with E-state index in [4.69, 9.17) is 5.26 Å². The van der Waals surface area contributed by atoms with Crippen LogP contribution in [-0.4, -0.2) is 28.5 Å². The zero-order valence-electron chi connectivity index (χ0n) is 8.41. The fraction of sp³-hybridized carbons (Fsp3) is 0.600. The monoisotopic (exact) mass is 208 g/mol. The molecule has 0 saturated carbocycles. The summed E-state index contributed by atoms with van der Waals surface area (Å²) in [6.07, 6.45) is 2.67. The van der Waals surface area contributed by atoms with E-state index >= 15 is 0 Å². The van der Waals surface area contributed by atoms with Crippen LogP contribution >= 0.6 is 0 Å². The van der Waals surface area contributed by atoms with Crippen molar-refractivity contribution in [1.29, 1.82) is 5.26 Å². The minimum absolute atomic E-state index is 0.246. The summed E-state index contributed by atoms with van der Waals surface area (Å²) in [7, 11) is 0. The van der Waals surface area contributed by atoms with Gasteiger partial charge in [0.1, 0.15) is 11.7 Å². The molecule has 1 aliphatic rings. The van der Waals surface area contributed by atoms with Gasteiger partial charge in [-0.1, -0.05) is 0 Å². The first-order valence-electron chi connectivity index (χ1n) is 5.05. The molecule has 1 aromatic rings. The van der Waals surface area contributed by atoms with Gasteiger partial charge in [-0.15, -0.1) is 0 Å². The highest BCUT2D eigenvalue weighted by molar-refractivity contribution is 5.16. The Morgan fingerprint density at radius 2 is 2.33 bits per heavy atom. The number of nitriles is 1. The molecular weight excluding hydrogens is 195 g/mol. The van der Waals surface area contributed by atoms with Gasteiger partial charge in [-0.25, -0.2) is 4.39 Å². The first-order valence-corrected chi connectivity index (χ1v) is 5.05. The molecule has 0 amide bonds. The second-order valence-electron chi connectivity index (χ2n) is 3.91. The van der Waals surface area contributed by atoms with Crippen LogP contribution in [0.2, 0.25) is 0 Å². The molecule has 0 bridgehead atoms. The molecule has 1 aromatic heterocycles. The van der Waals surface area contributed by atoms with Crippen LogP contribution in [0.5, 0.6) is 0 Å². The zero-order chi connectivity index (χ0) is 10.7. The summed E-state index contributed by atoms with van der Waals surface area (Å²) in [6.45, 7) is 1.67. The number of nitrogens with zero attached hydrogens (tertiary/aromatic N) is 3. The molecule has 1 N–H and O–H groups in total. The Balaban J connectivity index is 2.04. The van der Waals surface area contributed by atoms with E-state index in [-0.39, 0.29) is 6.54 Å². The van der Waals surface area contributed by atoms with Crippen LogP contribution in [0.1, 0.15) is 18.5 Å². The maximum Gasteiger partial charge on any atom is 0.162 e. The van der Waals surface area contributed by atoms with Gasteiger partial charge in [0.05, 0.1) is 6.54 Å². The highest BCUT2D eigenvalue weighted by Gasteiger charge is 2.32. The summed E-state index contributed by atoms with van der Waals surface area (Å²) in [6, 6.07) is 3.53. The summed E-state index contributed by atoms with van der Waals surface area (Å²) in [5.41, 5.74) is -0.836. The fourth-order valence-corrected chi connectivity index (χ4v) is 1.83. The third-order valence-corrected chi connectivity index (χ3v) is 2.70. The molecule has 5 heteroatoms. The lowest BCUT2D eigenvalue weighted by molar-refractivity contribution is 0.0894. The second-order valence-corrected chi connectivity index (χ2v) is 3.91. The van der Waals surface area contributed by atoms with E-state index < -0.39 is 5.67 Å². The number of alkyl halides is 1. The molecule has 2 heterocycles. The molecule has 0 atom stereocenters. The summed E-state index contributed by atoms with van der Waals surface area (Å²) >= 11 is 0. The van der Waals surface area contributed by atoms with Crippen molar-refractivity contribution in [3.05, 3.63) is 18.0 Å². The van der Waals surface area contributed by atoms with Crippen LogP contribution in [-0.2, 0) is 6.54 Å². The minimum atomic E-state index is -1.18. The number of aromatic nitrogens is 2. The molecule has 0 unspecified atom stereocenters. The van der Waals surface area contributed by atoms with Gasteiger partial charge in [-0.05, 0) is 32.0 Å². The van der Waals surface area contributed by atoms with Gasteiger partial charge in [-0.2, -0.15) is 10.4 Å². The van der Waals surface area contributed by atoms with Gasteiger partial charge < -0.3 is 5.32 Å². The molecule has 1 saturated heterocycles. The van der Waals surface area contributed by atoms with Gasteiger partial charge in [0.15, 0.2) is 5.69 Å².